The molecule has 5 rings (SSSR count). The summed E-state index contributed by atoms with van der Waals surface area (Å²) in [5, 5.41) is 9.94. The fraction of sp³-hybridized carbons (Fsp3) is 0.0357. The molecule has 3 aromatic carbocycles. The van der Waals surface area contributed by atoms with E-state index in [9.17, 15) is 9.59 Å². The molecule has 7 nitrogen and oxygen atoms in total. The van der Waals surface area contributed by atoms with E-state index in [1.54, 1.807) is 48.7 Å². The summed E-state index contributed by atoms with van der Waals surface area (Å²) in [6.45, 7) is 0.683. The van der Waals surface area contributed by atoms with Gasteiger partial charge in [-0.05, 0) is 59.2 Å². The van der Waals surface area contributed by atoms with Crippen molar-refractivity contribution < 1.29 is 14.0 Å². The van der Waals surface area contributed by atoms with Crippen LogP contribution in [0.15, 0.2) is 114 Å². The van der Waals surface area contributed by atoms with Crippen molar-refractivity contribution in [1.82, 2.24) is 9.78 Å². The number of anilines is 2. The molecule has 0 spiro atoms. The predicted octanol–water partition coefficient (Wildman–Crippen LogP) is 5.70. The average molecular weight is 463 g/mol. The Balaban J connectivity index is 1.31. The highest BCUT2D eigenvalue weighted by Gasteiger charge is 2.14. The maximum Gasteiger partial charge on any atom is 0.291 e. The zero-order valence-electron chi connectivity index (χ0n) is 18.7. The van der Waals surface area contributed by atoms with Crippen LogP contribution in [0.5, 0.6) is 0 Å². The average Bonchev–Trinajstić information content (AvgIpc) is 3.60. The van der Waals surface area contributed by atoms with E-state index in [2.05, 4.69) is 15.7 Å². The lowest BCUT2D eigenvalue weighted by molar-refractivity contribution is 0.0995. The highest BCUT2D eigenvalue weighted by molar-refractivity contribution is 6.09. The van der Waals surface area contributed by atoms with Gasteiger partial charge in [0, 0.05) is 29.3 Å². The van der Waals surface area contributed by atoms with E-state index in [1.165, 1.54) is 6.26 Å². The van der Waals surface area contributed by atoms with Gasteiger partial charge in [-0.2, -0.15) is 5.10 Å². The number of carbonyl (C=O) groups is 2. The molecule has 0 radical (unpaired) electrons. The van der Waals surface area contributed by atoms with Crippen molar-refractivity contribution in [3.8, 4) is 11.1 Å². The smallest absolute Gasteiger partial charge is 0.291 e. The van der Waals surface area contributed by atoms with Crippen LogP contribution < -0.4 is 10.6 Å². The SMILES string of the molecule is O=C(Nc1cccc(NC(=O)c2ccccc2-c2ccc(Cn3cccn3)cc2)c1)c1ccco1. The van der Waals surface area contributed by atoms with Crippen molar-refractivity contribution in [2.45, 2.75) is 6.54 Å². The predicted molar refractivity (Wildman–Crippen MR) is 134 cm³/mol. The van der Waals surface area contributed by atoms with Gasteiger partial charge in [0.15, 0.2) is 5.76 Å². The Hall–Kier alpha value is -4.91. The van der Waals surface area contributed by atoms with Crippen LogP contribution in [0.1, 0.15) is 26.5 Å². The van der Waals surface area contributed by atoms with Crippen LogP contribution in [0, 0.1) is 0 Å². The number of nitrogens with zero attached hydrogens (tertiary/aromatic N) is 2. The van der Waals surface area contributed by atoms with E-state index >= 15 is 0 Å². The number of furan rings is 1. The van der Waals surface area contributed by atoms with Crippen LogP contribution in [0.2, 0.25) is 0 Å². The second-order valence-corrected chi connectivity index (χ2v) is 7.91. The van der Waals surface area contributed by atoms with Gasteiger partial charge >= 0.3 is 0 Å². The molecular formula is C28H22N4O3. The third-order valence-electron chi connectivity index (χ3n) is 5.46. The first-order valence-electron chi connectivity index (χ1n) is 11.1. The summed E-state index contributed by atoms with van der Waals surface area (Å²) in [4.78, 5) is 25.4. The molecule has 0 saturated carbocycles. The lowest BCUT2D eigenvalue weighted by Gasteiger charge is -2.12. The van der Waals surface area contributed by atoms with Crippen LogP contribution >= 0.6 is 0 Å². The van der Waals surface area contributed by atoms with Crippen molar-refractivity contribution in [1.29, 1.82) is 0 Å². The molecule has 2 aromatic heterocycles. The van der Waals surface area contributed by atoms with Crippen LogP contribution in [0.25, 0.3) is 11.1 Å². The fourth-order valence-corrected chi connectivity index (χ4v) is 3.78. The Morgan fingerprint density at radius 2 is 1.57 bits per heavy atom. The maximum atomic E-state index is 13.2. The number of hydrogen-bond acceptors (Lipinski definition) is 4. The lowest BCUT2D eigenvalue weighted by Crippen LogP contribution is -2.14. The van der Waals surface area contributed by atoms with E-state index in [1.807, 2.05) is 59.4 Å². The molecule has 7 heteroatoms. The van der Waals surface area contributed by atoms with Crippen molar-refractivity contribution in [3.05, 3.63) is 127 Å². The highest BCUT2D eigenvalue weighted by atomic mass is 16.3. The molecule has 2 N–H and O–H groups in total. The second kappa shape index (κ2) is 9.93. The highest BCUT2D eigenvalue weighted by Crippen LogP contribution is 2.26. The van der Waals surface area contributed by atoms with Gasteiger partial charge in [0.25, 0.3) is 11.8 Å². The van der Waals surface area contributed by atoms with Gasteiger partial charge in [0.2, 0.25) is 0 Å². The van der Waals surface area contributed by atoms with Crippen LogP contribution in [-0.2, 0) is 6.54 Å². The third kappa shape index (κ3) is 5.20. The van der Waals surface area contributed by atoms with Crippen LogP contribution in [0.4, 0.5) is 11.4 Å². The summed E-state index contributed by atoms with van der Waals surface area (Å²) in [5.74, 6) is -0.389. The topological polar surface area (TPSA) is 89.2 Å². The molecule has 0 bridgehead atoms. The number of rotatable bonds is 7. The van der Waals surface area contributed by atoms with Gasteiger partial charge in [-0.1, -0.05) is 48.5 Å². The Morgan fingerprint density at radius 3 is 2.29 bits per heavy atom. The van der Waals surface area contributed by atoms with Gasteiger partial charge < -0.3 is 15.1 Å². The Kier molecular flexibility index (Phi) is 6.21. The fourth-order valence-electron chi connectivity index (χ4n) is 3.78. The number of amides is 2. The van der Waals surface area contributed by atoms with Crippen molar-refractivity contribution in [3.63, 3.8) is 0 Å². The Morgan fingerprint density at radius 1 is 0.800 bits per heavy atom. The number of aromatic nitrogens is 2. The minimum absolute atomic E-state index is 0.212. The molecule has 2 amide bonds. The minimum atomic E-state index is -0.361. The summed E-state index contributed by atoms with van der Waals surface area (Å²) in [6, 6.07) is 27.7. The van der Waals surface area contributed by atoms with E-state index in [-0.39, 0.29) is 17.6 Å². The number of benzene rings is 3. The van der Waals surface area contributed by atoms with Crippen LogP contribution in [-0.4, -0.2) is 21.6 Å². The van der Waals surface area contributed by atoms with E-state index in [0.717, 1.165) is 16.7 Å². The van der Waals surface area contributed by atoms with E-state index < -0.39 is 0 Å². The van der Waals surface area contributed by atoms with Gasteiger partial charge in [-0.15, -0.1) is 0 Å². The second-order valence-electron chi connectivity index (χ2n) is 7.91. The summed E-state index contributed by atoms with van der Waals surface area (Å²) in [5.41, 5.74) is 4.56. The lowest BCUT2D eigenvalue weighted by atomic mass is 9.98. The number of carbonyl (C=O) groups excluding carboxylic acids is 2. The minimum Gasteiger partial charge on any atom is -0.459 e. The normalized spacial score (nSPS) is 10.6. The molecule has 0 atom stereocenters. The Bertz CT molecular complexity index is 1440. The molecule has 0 aliphatic carbocycles. The monoisotopic (exact) mass is 462 g/mol. The van der Waals surface area contributed by atoms with Gasteiger partial charge in [-0.25, -0.2) is 0 Å². The molecule has 0 aliphatic heterocycles. The zero-order valence-corrected chi connectivity index (χ0v) is 18.7. The first-order valence-corrected chi connectivity index (χ1v) is 11.1. The molecule has 0 unspecified atom stereocenters. The van der Waals surface area contributed by atoms with E-state index in [4.69, 9.17) is 4.42 Å². The molecule has 0 saturated heterocycles. The summed E-state index contributed by atoms with van der Waals surface area (Å²) in [7, 11) is 0. The van der Waals surface area contributed by atoms with Gasteiger partial charge in [0.1, 0.15) is 0 Å². The van der Waals surface area contributed by atoms with Gasteiger partial charge in [-0.3, -0.25) is 14.3 Å². The first kappa shape index (κ1) is 21.9. The molecular weight excluding hydrogens is 440 g/mol. The quantitative estimate of drug-likeness (QED) is 0.325. The number of hydrogen-bond donors (Lipinski definition) is 2. The summed E-state index contributed by atoms with van der Waals surface area (Å²) < 4.78 is 6.99. The molecule has 2 heterocycles. The number of nitrogens with one attached hydrogen (secondary N) is 2. The van der Waals surface area contributed by atoms with Crippen LogP contribution in [0.3, 0.4) is 0 Å². The molecule has 0 aliphatic rings. The molecule has 172 valence electrons. The molecule has 0 fully saturated rings. The largest absolute Gasteiger partial charge is 0.459 e. The summed E-state index contributed by atoms with van der Waals surface area (Å²) >= 11 is 0. The molecule has 5 aromatic rings. The van der Waals surface area contributed by atoms with Crippen molar-refractivity contribution in [2.75, 3.05) is 10.6 Å². The zero-order chi connectivity index (χ0) is 24.0. The third-order valence-corrected chi connectivity index (χ3v) is 5.46. The maximum absolute atomic E-state index is 13.2. The van der Waals surface area contributed by atoms with Crippen molar-refractivity contribution in [2.24, 2.45) is 0 Å². The summed E-state index contributed by atoms with van der Waals surface area (Å²) in [6.07, 6.45) is 5.12. The standard InChI is InChI=1S/C28H22N4O3/c33-27(30-22-6-3-7-23(18-22)31-28(34)26-10-4-17-35-26)25-9-2-1-8-24(25)21-13-11-20(12-14-21)19-32-16-5-15-29-32/h1-18H,19H2,(H,30,33)(H,31,34). The van der Waals surface area contributed by atoms with Crippen molar-refractivity contribution >= 4 is 23.2 Å². The molecule has 35 heavy (non-hydrogen) atoms. The Labute approximate surface area is 202 Å². The first-order chi connectivity index (χ1) is 17.2. The van der Waals surface area contributed by atoms with E-state index in [0.29, 0.717) is 23.5 Å². The van der Waals surface area contributed by atoms with Gasteiger partial charge in [0.05, 0.1) is 12.8 Å².